The molecule has 0 aliphatic carbocycles. The van der Waals surface area contributed by atoms with E-state index in [4.69, 9.17) is 4.74 Å². The summed E-state index contributed by atoms with van der Waals surface area (Å²) in [5.41, 5.74) is 1.68. The number of ether oxygens (including phenoxy) is 1. The van der Waals surface area contributed by atoms with Crippen molar-refractivity contribution in [1.82, 2.24) is 9.88 Å². The molecule has 0 saturated carbocycles. The summed E-state index contributed by atoms with van der Waals surface area (Å²) in [5.74, 6) is -0.0210. The molecule has 4 heteroatoms. The summed E-state index contributed by atoms with van der Waals surface area (Å²) >= 11 is 0. The number of hydrogen-bond donors (Lipinski definition) is 0. The third-order valence-corrected chi connectivity index (χ3v) is 4.65. The quantitative estimate of drug-likeness (QED) is 0.789. The second-order valence-electron chi connectivity index (χ2n) is 6.92. The van der Waals surface area contributed by atoms with Crippen LogP contribution < -0.4 is 0 Å². The summed E-state index contributed by atoms with van der Waals surface area (Å²) in [5, 5.41) is 0. The maximum Gasteiger partial charge on any atom is 0.256 e. The van der Waals surface area contributed by atoms with Gasteiger partial charge in [0, 0.05) is 37.2 Å². The molecule has 1 amide bonds. The van der Waals surface area contributed by atoms with Gasteiger partial charge in [-0.3, -0.25) is 9.78 Å². The average Bonchev–Trinajstić information content (AvgIpc) is 2.61. The second kappa shape index (κ2) is 7.79. The largest absolute Gasteiger partial charge is 0.369 e. The van der Waals surface area contributed by atoms with Gasteiger partial charge in [0.25, 0.3) is 5.91 Å². The number of benzene rings is 1. The number of nitrogens with zero attached hydrogens (tertiary/aromatic N) is 2. The first kappa shape index (κ1) is 19.1. The van der Waals surface area contributed by atoms with E-state index in [1.807, 2.05) is 75.9 Å². The Bertz CT molecular complexity index is 705. The predicted octanol–water partition coefficient (Wildman–Crippen LogP) is 4.25. The van der Waals surface area contributed by atoms with Crippen molar-refractivity contribution in [2.24, 2.45) is 0 Å². The van der Waals surface area contributed by atoms with Gasteiger partial charge < -0.3 is 9.64 Å². The molecule has 1 aromatic heterocycles. The summed E-state index contributed by atoms with van der Waals surface area (Å²) in [6, 6.07) is 12.0. The number of aromatic nitrogens is 1. The highest BCUT2D eigenvalue weighted by Gasteiger charge is 2.34. The molecule has 0 aliphatic rings. The highest BCUT2D eigenvalue weighted by atomic mass is 16.5. The van der Waals surface area contributed by atoms with E-state index in [-0.39, 0.29) is 18.0 Å². The SMILES string of the molecule is COC(C)(c1ccccc1)c1ccncc1C(=O)N(C(C)C)C(C)C. The second-order valence-corrected chi connectivity index (χ2v) is 6.92. The van der Waals surface area contributed by atoms with Gasteiger partial charge in [-0.15, -0.1) is 0 Å². The number of carbonyl (C=O) groups excluding carboxylic acids is 1. The molecule has 1 atom stereocenters. The van der Waals surface area contributed by atoms with Crippen molar-refractivity contribution < 1.29 is 9.53 Å². The molecule has 0 N–H and O–H groups in total. The highest BCUT2D eigenvalue weighted by molar-refractivity contribution is 5.96. The van der Waals surface area contributed by atoms with Crippen molar-refractivity contribution in [2.75, 3.05) is 7.11 Å². The molecule has 1 heterocycles. The fraction of sp³-hybridized carbons (Fsp3) is 0.429. The van der Waals surface area contributed by atoms with E-state index >= 15 is 0 Å². The minimum absolute atomic E-state index is 0.0210. The van der Waals surface area contributed by atoms with Gasteiger partial charge in [-0.2, -0.15) is 0 Å². The molecule has 4 nitrogen and oxygen atoms in total. The van der Waals surface area contributed by atoms with Crippen LogP contribution in [0.25, 0.3) is 0 Å². The van der Waals surface area contributed by atoms with Crippen molar-refractivity contribution in [3.05, 3.63) is 65.5 Å². The molecular weight excluding hydrogens is 312 g/mol. The average molecular weight is 340 g/mol. The number of hydrogen-bond acceptors (Lipinski definition) is 3. The zero-order chi connectivity index (χ0) is 18.6. The van der Waals surface area contributed by atoms with Gasteiger partial charge in [-0.1, -0.05) is 30.3 Å². The number of amides is 1. The summed E-state index contributed by atoms with van der Waals surface area (Å²) < 4.78 is 5.90. The number of rotatable bonds is 6. The van der Waals surface area contributed by atoms with Crippen molar-refractivity contribution in [1.29, 1.82) is 0 Å². The Morgan fingerprint density at radius 2 is 1.68 bits per heavy atom. The van der Waals surface area contributed by atoms with Crippen LogP contribution in [0.1, 0.15) is 56.1 Å². The van der Waals surface area contributed by atoms with Crippen molar-refractivity contribution >= 4 is 5.91 Å². The minimum Gasteiger partial charge on any atom is -0.369 e. The van der Waals surface area contributed by atoms with Crippen LogP contribution in [0.4, 0.5) is 0 Å². The molecule has 1 aromatic carbocycles. The summed E-state index contributed by atoms with van der Waals surface area (Å²) in [4.78, 5) is 19.4. The van der Waals surface area contributed by atoms with E-state index in [1.54, 1.807) is 19.5 Å². The third kappa shape index (κ3) is 3.74. The van der Waals surface area contributed by atoms with Crippen LogP contribution in [0.2, 0.25) is 0 Å². The fourth-order valence-electron chi connectivity index (χ4n) is 3.32. The van der Waals surface area contributed by atoms with Crippen LogP contribution in [0, 0.1) is 0 Å². The maximum absolute atomic E-state index is 13.3. The van der Waals surface area contributed by atoms with Crippen LogP contribution in [-0.4, -0.2) is 35.0 Å². The third-order valence-electron chi connectivity index (χ3n) is 4.65. The summed E-state index contributed by atoms with van der Waals surface area (Å²) in [6.07, 6.45) is 3.36. The van der Waals surface area contributed by atoms with Crippen LogP contribution in [0.3, 0.4) is 0 Å². The van der Waals surface area contributed by atoms with Gasteiger partial charge in [0.2, 0.25) is 0 Å². The minimum atomic E-state index is -0.727. The lowest BCUT2D eigenvalue weighted by Gasteiger charge is -2.35. The molecule has 2 rings (SSSR count). The van der Waals surface area contributed by atoms with Crippen molar-refractivity contribution in [3.63, 3.8) is 0 Å². The highest BCUT2D eigenvalue weighted by Crippen LogP contribution is 2.35. The van der Waals surface area contributed by atoms with Gasteiger partial charge in [-0.25, -0.2) is 0 Å². The lowest BCUT2D eigenvalue weighted by molar-refractivity contribution is 0.0362. The Morgan fingerprint density at radius 1 is 1.08 bits per heavy atom. The first-order chi connectivity index (χ1) is 11.8. The van der Waals surface area contributed by atoms with Gasteiger partial charge in [0.1, 0.15) is 5.60 Å². The van der Waals surface area contributed by atoms with Gasteiger partial charge in [-0.05, 0) is 46.2 Å². The van der Waals surface area contributed by atoms with E-state index < -0.39 is 5.60 Å². The van der Waals surface area contributed by atoms with Crippen LogP contribution in [0.5, 0.6) is 0 Å². The van der Waals surface area contributed by atoms with Gasteiger partial charge >= 0.3 is 0 Å². The Labute approximate surface area is 150 Å². The van der Waals surface area contributed by atoms with E-state index in [9.17, 15) is 4.79 Å². The number of methoxy groups -OCH3 is 1. The summed E-state index contributed by atoms with van der Waals surface area (Å²) in [6.45, 7) is 10.1. The van der Waals surface area contributed by atoms with Crippen LogP contribution in [0.15, 0.2) is 48.8 Å². The molecule has 0 spiro atoms. The topological polar surface area (TPSA) is 42.4 Å². The smallest absolute Gasteiger partial charge is 0.256 e. The standard InChI is InChI=1S/C21H28N2O2/c1-15(2)23(16(3)4)20(24)18-14-22-13-12-19(18)21(5,25-6)17-10-8-7-9-11-17/h7-16H,1-6H3. The fourth-order valence-corrected chi connectivity index (χ4v) is 3.32. The molecule has 25 heavy (non-hydrogen) atoms. The Hall–Kier alpha value is -2.20. The van der Waals surface area contributed by atoms with E-state index in [2.05, 4.69) is 4.98 Å². The predicted molar refractivity (Wildman–Crippen MR) is 101 cm³/mol. The molecule has 0 saturated heterocycles. The number of pyridine rings is 1. The first-order valence-corrected chi connectivity index (χ1v) is 8.70. The zero-order valence-electron chi connectivity index (χ0n) is 16.0. The molecule has 0 aliphatic heterocycles. The molecule has 2 aromatic rings. The van der Waals surface area contributed by atoms with Crippen LogP contribution in [-0.2, 0) is 10.3 Å². The zero-order valence-corrected chi connectivity index (χ0v) is 16.0. The maximum atomic E-state index is 13.3. The molecule has 0 radical (unpaired) electrons. The van der Waals surface area contributed by atoms with Crippen molar-refractivity contribution in [2.45, 2.75) is 52.3 Å². The Balaban J connectivity index is 2.59. The van der Waals surface area contributed by atoms with E-state index in [0.29, 0.717) is 5.56 Å². The number of carbonyl (C=O) groups is 1. The van der Waals surface area contributed by atoms with E-state index in [0.717, 1.165) is 11.1 Å². The molecule has 0 fully saturated rings. The molecular formula is C21H28N2O2. The first-order valence-electron chi connectivity index (χ1n) is 8.70. The monoisotopic (exact) mass is 340 g/mol. The lowest BCUT2D eigenvalue weighted by Crippen LogP contribution is -2.43. The van der Waals surface area contributed by atoms with Crippen LogP contribution >= 0.6 is 0 Å². The molecule has 1 unspecified atom stereocenters. The lowest BCUT2D eigenvalue weighted by atomic mass is 9.85. The summed E-state index contributed by atoms with van der Waals surface area (Å²) in [7, 11) is 1.67. The Morgan fingerprint density at radius 3 is 2.20 bits per heavy atom. The van der Waals surface area contributed by atoms with Crippen molar-refractivity contribution in [3.8, 4) is 0 Å². The molecule has 0 bridgehead atoms. The van der Waals surface area contributed by atoms with Gasteiger partial charge in [0.15, 0.2) is 0 Å². The Kier molecular flexibility index (Phi) is 5.96. The molecule has 134 valence electrons. The van der Waals surface area contributed by atoms with Gasteiger partial charge in [0.05, 0.1) is 5.56 Å². The van der Waals surface area contributed by atoms with E-state index in [1.165, 1.54) is 0 Å². The normalized spacial score (nSPS) is 13.8.